The highest BCUT2D eigenvalue weighted by Crippen LogP contribution is 2.42. The number of benzene rings is 1. The molecule has 5 nitrogen and oxygen atoms in total. The summed E-state index contributed by atoms with van der Waals surface area (Å²) >= 11 is 6.98. The smallest absolute Gasteiger partial charge is 0.214 e. The lowest BCUT2D eigenvalue weighted by Crippen LogP contribution is -2.43. The van der Waals surface area contributed by atoms with Crippen molar-refractivity contribution in [1.29, 1.82) is 0 Å². The average Bonchev–Trinajstić information content (AvgIpc) is 3.38. The van der Waals surface area contributed by atoms with Crippen LogP contribution in [0, 0.1) is 23.5 Å². The van der Waals surface area contributed by atoms with Gasteiger partial charge in [-0.05, 0) is 44.0 Å². The first-order valence-electron chi connectivity index (χ1n) is 10.0. The van der Waals surface area contributed by atoms with Gasteiger partial charge >= 0.3 is 0 Å². The van der Waals surface area contributed by atoms with Gasteiger partial charge in [0, 0.05) is 45.3 Å². The molecule has 0 amide bonds. The fraction of sp³-hybridized carbons (Fsp3) is 0.476. The third kappa shape index (κ3) is 4.46. The second-order valence-electron chi connectivity index (χ2n) is 8.07. The molecule has 2 aliphatic heterocycles. The Kier molecular flexibility index (Phi) is 6.57. The molecule has 4 rings (SSSR count). The van der Waals surface area contributed by atoms with Crippen LogP contribution in [0.5, 0.6) is 0 Å². The van der Waals surface area contributed by atoms with E-state index in [-0.39, 0.29) is 27.3 Å². The van der Waals surface area contributed by atoms with Crippen LogP contribution in [-0.4, -0.2) is 55.8 Å². The van der Waals surface area contributed by atoms with Crippen LogP contribution in [0.25, 0.3) is 0 Å². The number of rotatable bonds is 6. The lowest BCUT2D eigenvalue weighted by molar-refractivity contribution is -0.0415. The number of anilines is 2. The van der Waals surface area contributed by atoms with Gasteiger partial charge in [-0.1, -0.05) is 17.7 Å². The van der Waals surface area contributed by atoms with Crippen LogP contribution in [0.15, 0.2) is 29.2 Å². The highest BCUT2D eigenvalue weighted by molar-refractivity contribution is 8.00. The predicted molar refractivity (Wildman–Crippen MR) is 117 cm³/mol. The zero-order chi connectivity index (χ0) is 22.2. The fourth-order valence-corrected chi connectivity index (χ4v) is 5.52. The van der Waals surface area contributed by atoms with Crippen LogP contribution < -0.4 is 9.62 Å². The fourth-order valence-electron chi connectivity index (χ4n) is 4.53. The highest BCUT2D eigenvalue weighted by Gasteiger charge is 2.46. The molecule has 2 unspecified atom stereocenters. The molecule has 2 atom stereocenters. The zero-order valence-electron chi connectivity index (χ0n) is 17.3. The van der Waals surface area contributed by atoms with E-state index in [4.69, 9.17) is 16.3 Å². The SMILES string of the molecule is COC1(C2CCN(c3cc(F)c(SNc4cccc(F)n4)c(F)c3Cl)C2)CCN(C)C1. The number of nitrogens with zero attached hydrogens (tertiary/aromatic N) is 3. The van der Waals surface area contributed by atoms with Crippen LogP contribution in [0.1, 0.15) is 12.8 Å². The second kappa shape index (κ2) is 9.05. The number of hydrogen-bond acceptors (Lipinski definition) is 6. The van der Waals surface area contributed by atoms with Crippen molar-refractivity contribution in [2.75, 3.05) is 50.0 Å². The minimum Gasteiger partial charge on any atom is -0.376 e. The number of halogens is 4. The summed E-state index contributed by atoms with van der Waals surface area (Å²) in [6.45, 7) is 3.08. The Labute approximate surface area is 189 Å². The number of likely N-dealkylation sites (tertiary alicyclic amines) is 1. The molecule has 2 fully saturated rings. The third-order valence-electron chi connectivity index (χ3n) is 6.20. The van der Waals surface area contributed by atoms with Gasteiger partial charge in [-0.15, -0.1) is 0 Å². The van der Waals surface area contributed by atoms with Gasteiger partial charge in [-0.2, -0.15) is 4.39 Å². The Bertz CT molecular complexity index is 968. The van der Waals surface area contributed by atoms with Crippen LogP contribution in [0.2, 0.25) is 5.02 Å². The number of aromatic nitrogens is 1. The first kappa shape index (κ1) is 22.5. The number of methoxy groups -OCH3 is 1. The minimum absolute atomic E-state index is 0.131. The molecule has 0 aliphatic carbocycles. The van der Waals surface area contributed by atoms with E-state index in [1.54, 1.807) is 7.11 Å². The number of nitrogens with one attached hydrogen (secondary N) is 1. The van der Waals surface area contributed by atoms with Gasteiger partial charge in [-0.25, -0.2) is 13.8 Å². The summed E-state index contributed by atoms with van der Waals surface area (Å²) in [6, 6.07) is 5.39. The standard InChI is InChI=1S/C21H24ClF3N4OS/c1-28-9-7-21(12-28,30-2)13-6-8-29(11-13)15-10-14(23)20(19(25)18(15)22)31-27-17-5-3-4-16(24)26-17/h3-5,10,13H,6-9,11-12H2,1-2H3,(H,26,27). The summed E-state index contributed by atoms with van der Waals surface area (Å²) in [6.07, 6.45) is 1.80. The summed E-state index contributed by atoms with van der Waals surface area (Å²) in [4.78, 5) is 7.49. The van der Waals surface area contributed by atoms with E-state index >= 15 is 0 Å². The topological polar surface area (TPSA) is 40.6 Å². The maximum atomic E-state index is 15.0. The maximum absolute atomic E-state index is 15.0. The summed E-state index contributed by atoms with van der Waals surface area (Å²) in [7, 11) is 3.81. The van der Waals surface area contributed by atoms with E-state index < -0.39 is 17.6 Å². The molecule has 3 heterocycles. The summed E-state index contributed by atoms with van der Waals surface area (Å²) in [5.41, 5.74) is 0.0927. The van der Waals surface area contributed by atoms with Crippen molar-refractivity contribution in [3.8, 4) is 0 Å². The number of ether oxygens (including phenoxy) is 1. The molecule has 31 heavy (non-hydrogen) atoms. The van der Waals surface area contributed by atoms with Crippen LogP contribution in [0.4, 0.5) is 24.7 Å². The molecule has 1 N–H and O–H groups in total. The molecule has 1 aromatic carbocycles. The van der Waals surface area contributed by atoms with Crippen molar-refractivity contribution in [2.24, 2.45) is 5.92 Å². The maximum Gasteiger partial charge on any atom is 0.214 e. The quantitative estimate of drug-likeness (QED) is 0.369. The van der Waals surface area contributed by atoms with E-state index in [1.807, 2.05) is 4.90 Å². The van der Waals surface area contributed by atoms with E-state index in [1.165, 1.54) is 24.3 Å². The zero-order valence-corrected chi connectivity index (χ0v) is 18.9. The Morgan fingerprint density at radius 2 is 2.10 bits per heavy atom. The molecule has 2 aromatic rings. The lowest BCUT2D eigenvalue weighted by Gasteiger charge is -2.34. The molecule has 2 aliphatic rings. The molecule has 0 radical (unpaired) electrons. The van der Waals surface area contributed by atoms with Crippen molar-refractivity contribution in [3.63, 3.8) is 0 Å². The van der Waals surface area contributed by atoms with Gasteiger partial charge in [0.1, 0.15) is 21.6 Å². The van der Waals surface area contributed by atoms with Crippen molar-refractivity contribution in [2.45, 2.75) is 23.3 Å². The molecule has 0 saturated carbocycles. The Balaban J connectivity index is 1.51. The second-order valence-corrected chi connectivity index (χ2v) is 9.27. The van der Waals surface area contributed by atoms with E-state index in [2.05, 4.69) is 21.7 Å². The van der Waals surface area contributed by atoms with E-state index in [0.29, 0.717) is 30.7 Å². The lowest BCUT2D eigenvalue weighted by atomic mass is 9.85. The van der Waals surface area contributed by atoms with Crippen molar-refractivity contribution in [1.82, 2.24) is 9.88 Å². The Morgan fingerprint density at radius 3 is 2.77 bits per heavy atom. The van der Waals surface area contributed by atoms with Crippen molar-refractivity contribution < 1.29 is 17.9 Å². The van der Waals surface area contributed by atoms with Crippen molar-refractivity contribution >= 4 is 35.1 Å². The van der Waals surface area contributed by atoms with E-state index in [9.17, 15) is 13.2 Å². The molecular formula is C21H24ClF3N4OS. The first-order chi connectivity index (χ1) is 14.8. The monoisotopic (exact) mass is 472 g/mol. The predicted octanol–water partition coefficient (Wildman–Crippen LogP) is 4.82. The van der Waals surface area contributed by atoms with Gasteiger partial charge in [0.2, 0.25) is 5.95 Å². The van der Waals surface area contributed by atoms with Gasteiger partial charge in [0.05, 0.1) is 11.3 Å². The van der Waals surface area contributed by atoms with E-state index in [0.717, 1.165) is 25.9 Å². The van der Waals surface area contributed by atoms with Gasteiger partial charge in [-0.3, -0.25) is 0 Å². The molecule has 10 heteroatoms. The van der Waals surface area contributed by atoms with Crippen LogP contribution >= 0.6 is 23.5 Å². The summed E-state index contributed by atoms with van der Waals surface area (Å²) in [5, 5.41) is -0.131. The first-order valence-corrected chi connectivity index (χ1v) is 11.2. The van der Waals surface area contributed by atoms with Gasteiger partial charge in [0.15, 0.2) is 5.82 Å². The number of hydrogen-bond donors (Lipinski definition) is 1. The summed E-state index contributed by atoms with van der Waals surface area (Å²) < 4.78 is 51.6. The molecular weight excluding hydrogens is 449 g/mol. The summed E-state index contributed by atoms with van der Waals surface area (Å²) in [5.74, 6) is -1.88. The third-order valence-corrected chi connectivity index (χ3v) is 7.45. The minimum atomic E-state index is -0.851. The highest BCUT2D eigenvalue weighted by atomic mass is 35.5. The number of pyridine rings is 1. The normalized spacial score (nSPS) is 24.2. The van der Waals surface area contributed by atoms with Crippen LogP contribution in [0.3, 0.4) is 0 Å². The Morgan fingerprint density at radius 1 is 1.29 bits per heavy atom. The number of likely N-dealkylation sites (N-methyl/N-ethyl adjacent to an activating group) is 1. The van der Waals surface area contributed by atoms with Gasteiger partial charge < -0.3 is 19.3 Å². The molecule has 0 spiro atoms. The molecule has 1 aromatic heterocycles. The van der Waals surface area contributed by atoms with Crippen molar-refractivity contribution in [3.05, 3.63) is 46.9 Å². The Hall–Kier alpha value is -1.68. The van der Waals surface area contributed by atoms with Crippen LogP contribution in [-0.2, 0) is 4.74 Å². The molecule has 0 bridgehead atoms. The largest absolute Gasteiger partial charge is 0.376 e. The molecule has 2 saturated heterocycles. The van der Waals surface area contributed by atoms with Gasteiger partial charge in [0.25, 0.3) is 0 Å². The molecule has 168 valence electrons. The average molecular weight is 473 g/mol.